The summed E-state index contributed by atoms with van der Waals surface area (Å²) in [5.74, 6) is -1.47. The van der Waals surface area contributed by atoms with E-state index in [4.69, 9.17) is 0 Å². The van der Waals surface area contributed by atoms with E-state index in [0.717, 1.165) is 34.1 Å². The van der Waals surface area contributed by atoms with Crippen LogP contribution in [-0.2, 0) is 26.0 Å². The molecule has 7 nitrogen and oxygen atoms in total. The van der Waals surface area contributed by atoms with Crippen LogP contribution in [0.5, 0.6) is 0 Å². The number of nitrogens with zero attached hydrogens (tertiary/aromatic N) is 2. The molecule has 184 valence electrons. The molecule has 0 radical (unpaired) electrons. The van der Waals surface area contributed by atoms with Gasteiger partial charge in [0.05, 0.1) is 10.6 Å². The van der Waals surface area contributed by atoms with Crippen molar-refractivity contribution < 1.29 is 22.4 Å². The molecule has 1 atom stereocenters. The van der Waals surface area contributed by atoms with Crippen LogP contribution < -0.4 is 9.62 Å². The zero-order valence-corrected chi connectivity index (χ0v) is 20.4. The highest BCUT2D eigenvalue weighted by Crippen LogP contribution is 2.24. The maximum absolute atomic E-state index is 13.5. The molecule has 3 aromatic carbocycles. The van der Waals surface area contributed by atoms with Crippen LogP contribution in [0, 0.1) is 5.82 Å². The summed E-state index contributed by atoms with van der Waals surface area (Å²) < 4.78 is 41.4. The fourth-order valence-electron chi connectivity index (χ4n) is 3.64. The molecule has 0 unspecified atom stereocenters. The zero-order chi connectivity index (χ0) is 25.4. The summed E-state index contributed by atoms with van der Waals surface area (Å²) >= 11 is 0. The standard InChI is InChI=1S/C26H28FN3O4S/c1-20(26(32)28-2)29(18-17-21-9-5-3-6-10-21)25(31)19-30(23-11-7-4-8-12-23)35(33,34)24-15-13-22(27)14-16-24/h3-16,20H,17-19H2,1-2H3,(H,28,32)/t20-/m1/s1. The van der Waals surface area contributed by atoms with Crippen molar-refractivity contribution in [3.05, 3.63) is 96.3 Å². The van der Waals surface area contributed by atoms with Crippen LogP contribution in [0.4, 0.5) is 10.1 Å². The monoisotopic (exact) mass is 497 g/mol. The van der Waals surface area contributed by atoms with E-state index in [1.807, 2.05) is 30.3 Å². The van der Waals surface area contributed by atoms with Gasteiger partial charge in [0.15, 0.2) is 0 Å². The first-order valence-corrected chi connectivity index (χ1v) is 12.6. The molecule has 0 saturated carbocycles. The molecule has 2 amide bonds. The molecular weight excluding hydrogens is 469 g/mol. The van der Waals surface area contributed by atoms with E-state index in [1.54, 1.807) is 37.3 Å². The molecule has 0 aliphatic carbocycles. The first kappa shape index (κ1) is 25.9. The lowest BCUT2D eigenvalue weighted by molar-refractivity contribution is -0.138. The molecule has 0 aromatic heterocycles. The van der Waals surface area contributed by atoms with Gasteiger partial charge in [0, 0.05) is 13.6 Å². The largest absolute Gasteiger partial charge is 0.357 e. The average Bonchev–Trinajstić information content (AvgIpc) is 2.88. The van der Waals surface area contributed by atoms with Gasteiger partial charge in [0.1, 0.15) is 18.4 Å². The number of sulfonamides is 1. The third-order valence-corrected chi connectivity index (χ3v) is 7.41. The number of likely N-dealkylation sites (N-methyl/N-ethyl adjacent to an activating group) is 1. The van der Waals surface area contributed by atoms with Crippen molar-refractivity contribution in [3.8, 4) is 0 Å². The Labute approximate surface area is 205 Å². The van der Waals surface area contributed by atoms with Crippen molar-refractivity contribution >= 4 is 27.5 Å². The highest BCUT2D eigenvalue weighted by Gasteiger charge is 2.32. The second-order valence-corrected chi connectivity index (χ2v) is 9.78. The minimum Gasteiger partial charge on any atom is -0.357 e. The summed E-state index contributed by atoms with van der Waals surface area (Å²) in [4.78, 5) is 27.2. The van der Waals surface area contributed by atoms with Gasteiger partial charge in [-0.1, -0.05) is 48.5 Å². The van der Waals surface area contributed by atoms with Crippen LogP contribution in [0.15, 0.2) is 89.8 Å². The Balaban J connectivity index is 1.94. The minimum absolute atomic E-state index is 0.147. The van der Waals surface area contributed by atoms with Crippen LogP contribution in [0.3, 0.4) is 0 Å². The van der Waals surface area contributed by atoms with Crippen LogP contribution in [0.2, 0.25) is 0 Å². The molecular formula is C26H28FN3O4S. The van der Waals surface area contributed by atoms with E-state index >= 15 is 0 Å². The quantitative estimate of drug-likeness (QED) is 0.466. The zero-order valence-electron chi connectivity index (χ0n) is 19.6. The maximum atomic E-state index is 13.5. The van der Waals surface area contributed by atoms with E-state index in [-0.39, 0.29) is 23.0 Å². The van der Waals surface area contributed by atoms with Gasteiger partial charge in [0.2, 0.25) is 11.8 Å². The topological polar surface area (TPSA) is 86.8 Å². The molecule has 0 heterocycles. The van der Waals surface area contributed by atoms with Crippen LogP contribution >= 0.6 is 0 Å². The van der Waals surface area contributed by atoms with Gasteiger partial charge in [-0.2, -0.15) is 0 Å². The number of amides is 2. The summed E-state index contributed by atoms with van der Waals surface area (Å²) in [5, 5.41) is 2.54. The predicted octanol–water partition coefficient (Wildman–Crippen LogP) is 3.23. The smallest absolute Gasteiger partial charge is 0.264 e. The molecule has 35 heavy (non-hydrogen) atoms. The second kappa shape index (κ2) is 11.6. The third kappa shape index (κ3) is 6.45. The molecule has 0 aliphatic heterocycles. The van der Waals surface area contributed by atoms with E-state index in [9.17, 15) is 22.4 Å². The predicted molar refractivity (Wildman–Crippen MR) is 133 cm³/mol. The highest BCUT2D eigenvalue weighted by atomic mass is 32.2. The molecule has 0 fully saturated rings. The lowest BCUT2D eigenvalue weighted by atomic mass is 10.1. The first-order chi connectivity index (χ1) is 16.7. The van der Waals surface area contributed by atoms with Gasteiger partial charge in [-0.25, -0.2) is 12.8 Å². The number of halogens is 1. The van der Waals surface area contributed by atoms with Gasteiger partial charge >= 0.3 is 0 Å². The lowest BCUT2D eigenvalue weighted by Gasteiger charge is -2.31. The first-order valence-electron chi connectivity index (χ1n) is 11.1. The number of carbonyl (C=O) groups is 2. The summed E-state index contributed by atoms with van der Waals surface area (Å²) in [7, 11) is -2.72. The molecule has 1 N–H and O–H groups in total. The van der Waals surface area contributed by atoms with Crippen molar-refractivity contribution in [2.45, 2.75) is 24.3 Å². The minimum atomic E-state index is -4.20. The summed E-state index contributed by atoms with van der Waals surface area (Å²) in [6.07, 6.45) is 0.490. The number of hydrogen-bond acceptors (Lipinski definition) is 4. The van der Waals surface area contributed by atoms with Gasteiger partial charge < -0.3 is 10.2 Å². The Hall–Kier alpha value is -3.72. The molecule has 9 heteroatoms. The fourth-order valence-corrected chi connectivity index (χ4v) is 5.05. The van der Waals surface area contributed by atoms with Crippen LogP contribution in [0.1, 0.15) is 12.5 Å². The van der Waals surface area contributed by atoms with E-state index in [0.29, 0.717) is 6.42 Å². The number of para-hydroxylation sites is 1. The Morgan fingerprint density at radius 3 is 2.06 bits per heavy atom. The third-order valence-electron chi connectivity index (χ3n) is 5.62. The SMILES string of the molecule is CNC(=O)[C@@H](C)N(CCc1ccccc1)C(=O)CN(c1ccccc1)S(=O)(=O)c1ccc(F)cc1. The molecule has 0 bridgehead atoms. The summed E-state index contributed by atoms with van der Waals surface area (Å²) in [5.41, 5.74) is 1.26. The molecule has 0 spiro atoms. The number of carbonyl (C=O) groups excluding carboxylic acids is 2. The molecule has 0 aliphatic rings. The second-order valence-electron chi connectivity index (χ2n) is 7.91. The Morgan fingerprint density at radius 1 is 0.914 bits per heavy atom. The van der Waals surface area contributed by atoms with Crippen LogP contribution in [-0.4, -0.2) is 51.3 Å². The number of benzene rings is 3. The Morgan fingerprint density at radius 2 is 1.49 bits per heavy atom. The fraction of sp³-hybridized carbons (Fsp3) is 0.231. The molecule has 0 saturated heterocycles. The number of rotatable bonds is 10. The maximum Gasteiger partial charge on any atom is 0.264 e. The number of hydrogen-bond donors (Lipinski definition) is 1. The number of anilines is 1. The average molecular weight is 498 g/mol. The van der Waals surface area contributed by atoms with Crippen LogP contribution in [0.25, 0.3) is 0 Å². The summed E-state index contributed by atoms with van der Waals surface area (Å²) in [6, 6.07) is 21.3. The van der Waals surface area contributed by atoms with Crippen molar-refractivity contribution in [1.82, 2.24) is 10.2 Å². The van der Waals surface area contributed by atoms with E-state index < -0.39 is 34.3 Å². The molecule has 3 aromatic rings. The lowest BCUT2D eigenvalue weighted by Crippen LogP contribution is -2.51. The Bertz CT molecular complexity index is 1240. The van der Waals surface area contributed by atoms with Crippen molar-refractivity contribution in [2.24, 2.45) is 0 Å². The van der Waals surface area contributed by atoms with Gasteiger partial charge in [-0.15, -0.1) is 0 Å². The van der Waals surface area contributed by atoms with Crippen molar-refractivity contribution in [1.29, 1.82) is 0 Å². The van der Waals surface area contributed by atoms with Gasteiger partial charge in [-0.3, -0.25) is 13.9 Å². The summed E-state index contributed by atoms with van der Waals surface area (Å²) in [6.45, 7) is 1.29. The van der Waals surface area contributed by atoms with E-state index in [2.05, 4.69) is 5.32 Å². The normalized spacial score (nSPS) is 12.0. The number of nitrogens with one attached hydrogen (secondary N) is 1. The van der Waals surface area contributed by atoms with E-state index in [1.165, 1.54) is 11.9 Å². The highest BCUT2D eigenvalue weighted by molar-refractivity contribution is 7.92. The molecule has 3 rings (SSSR count). The van der Waals surface area contributed by atoms with Crippen molar-refractivity contribution in [3.63, 3.8) is 0 Å². The van der Waals surface area contributed by atoms with Gasteiger partial charge in [-0.05, 0) is 55.3 Å². The van der Waals surface area contributed by atoms with Crippen molar-refractivity contribution in [2.75, 3.05) is 24.4 Å². The Kier molecular flexibility index (Phi) is 8.59. The van der Waals surface area contributed by atoms with Gasteiger partial charge in [0.25, 0.3) is 10.0 Å².